The SMILES string of the molecule is Cc1onc(-c2ccccc2)c1C(=O)COc1ccc2oc(C(=O)c3c(-c4ccccc4)noc3C)cc2c1. The first-order chi connectivity index (χ1) is 19.0. The number of fused-ring (bicyclic) bond motifs is 1. The molecule has 0 unspecified atom stereocenters. The van der Waals surface area contributed by atoms with Crippen LogP contribution >= 0.6 is 0 Å². The van der Waals surface area contributed by atoms with E-state index in [0.29, 0.717) is 50.8 Å². The van der Waals surface area contributed by atoms with Gasteiger partial charge in [0.15, 0.2) is 12.4 Å². The molecular formula is C31H22N2O6. The Bertz CT molecular complexity index is 1810. The lowest BCUT2D eigenvalue weighted by Gasteiger charge is -2.06. The average molecular weight is 519 g/mol. The second kappa shape index (κ2) is 9.90. The molecule has 0 saturated carbocycles. The third kappa shape index (κ3) is 4.53. The smallest absolute Gasteiger partial charge is 0.234 e. The topological polar surface area (TPSA) is 109 Å². The molecule has 8 heteroatoms. The predicted molar refractivity (Wildman–Crippen MR) is 143 cm³/mol. The zero-order chi connectivity index (χ0) is 26.9. The lowest BCUT2D eigenvalue weighted by Crippen LogP contribution is -2.13. The van der Waals surface area contributed by atoms with E-state index in [9.17, 15) is 9.59 Å². The van der Waals surface area contributed by atoms with Crippen LogP contribution in [0.4, 0.5) is 0 Å². The molecule has 0 saturated heterocycles. The summed E-state index contributed by atoms with van der Waals surface area (Å²) >= 11 is 0. The van der Waals surface area contributed by atoms with E-state index in [0.717, 1.165) is 11.1 Å². The van der Waals surface area contributed by atoms with E-state index in [1.54, 1.807) is 38.1 Å². The van der Waals surface area contributed by atoms with Crippen LogP contribution < -0.4 is 4.74 Å². The number of aromatic nitrogens is 2. The molecular weight excluding hydrogens is 496 g/mol. The number of ketones is 2. The summed E-state index contributed by atoms with van der Waals surface area (Å²) in [5.41, 5.74) is 3.74. The predicted octanol–water partition coefficient (Wildman–Crippen LogP) is 6.85. The lowest BCUT2D eigenvalue weighted by molar-refractivity contribution is 0.0920. The zero-order valence-corrected chi connectivity index (χ0v) is 21.1. The Kier molecular flexibility index (Phi) is 6.13. The molecule has 3 heterocycles. The van der Waals surface area contributed by atoms with Gasteiger partial charge in [-0.15, -0.1) is 0 Å². The third-order valence-electron chi connectivity index (χ3n) is 6.41. The maximum absolute atomic E-state index is 13.4. The van der Waals surface area contributed by atoms with Crippen LogP contribution in [0.2, 0.25) is 0 Å². The quantitative estimate of drug-likeness (QED) is 0.201. The third-order valence-corrected chi connectivity index (χ3v) is 6.41. The number of Topliss-reactive ketones (excluding diaryl/α,β-unsaturated/α-hetero) is 1. The summed E-state index contributed by atoms with van der Waals surface area (Å²) in [7, 11) is 0. The normalized spacial score (nSPS) is 11.1. The van der Waals surface area contributed by atoms with Gasteiger partial charge >= 0.3 is 0 Å². The fourth-order valence-electron chi connectivity index (χ4n) is 4.49. The number of nitrogens with zero attached hydrogens (tertiary/aromatic N) is 2. The van der Waals surface area contributed by atoms with Crippen LogP contribution in [0.15, 0.2) is 98.4 Å². The number of furan rings is 1. The van der Waals surface area contributed by atoms with Gasteiger partial charge in [0.2, 0.25) is 11.6 Å². The van der Waals surface area contributed by atoms with Gasteiger partial charge in [0.05, 0.1) is 11.1 Å². The van der Waals surface area contributed by atoms with Crippen molar-refractivity contribution in [2.75, 3.05) is 6.61 Å². The minimum atomic E-state index is -0.335. The van der Waals surface area contributed by atoms with Gasteiger partial charge < -0.3 is 18.2 Å². The molecule has 0 atom stereocenters. The molecule has 6 rings (SSSR count). The molecule has 0 aliphatic rings. The molecule has 0 spiro atoms. The highest BCUT2D eigenvalue weighted by atomic mass is 16.5. The van der Waals surface area contributed by atoms with Crippen molar-refractivity contribution >= 4 is 22.5 Å². The molecule has 8 nitrogen and oxygen atoms in total. The van der Waals surface area contributed by atoms with Crippen molar-refractivity contribution in [1.82, 2.24) is 10.3 Å². The molecule has 6 aromatic rings. The molecule has 0 bridgehead atoms. The standard InChI is InChI=1S/C31H22N2O6/c1-18-27(29(32-38-18)20-9-5-3-6-10-20)24(34)17-36-23-13-14-25-22(15-23)16-26(37-25)31(35)28-19(2)39-33-30(28)21-11-7-4-8-12-21/h3-16H,17H2,1-2H3. The average Bonchev–Trinajstić information content (AvgIpc) is 3.68. The van der Waals surface area contributed by atoms with Crippen LogP contribution in [-0.2, 0) is 0 Å². The number of ether oxygens (including phenoxy) is 1. The maximum atomic E-state index is 13.4. The number of carbonyl (C=O) groups excluding carboxylic acids is 2. The zero-order valence-electron chi connectivity index (χ0n) is 21.1. The van der Waals surface area contributed by atoms with E-state index in [-0.39, 0.29) is 23.9 Å². The van der Waals surface area contributed by atoms with E-state index in [4.69, 9.17) is 18.2 Å². The van der Waals surface area contributed by atoms with Gasteiger partial charge in [0.25, 0.3) is 0 Å². The van der Waals surface area contributed by atoms with Crippen molar-refractivity contribution in [3.05, 3.63) is 113 Å². The van der Waals surface area contributed by atoms with Crippen LogP contribution in [0.5, 0.6) is 5.75 Å². The highest BCUT2D eigenvalue weighted by Gasteiger charge is 2.26. The number of benzene rings is 3. The minimum Gasteiger partial charge on any atom is -0.485 e. The molecule has 192 valence electrons. The van der Waals surface area contributed by atoms with Gasteiger partial charge in [0, 0.05) is 16.5 Å². The Morgan fingerprint density at radius 2 is 1.33 bits per heavy atom. The second-order valence-electron chi connectivity index (χ2n) is 9.01. The van der Waals surface area contributed by atoms with Crippen LogP contribution in [0.25, 0.3) is 33.5 Å². The summed E-state index contributed by atoms with van der Waals surface area (Å²) < 4.78 is 22.3. The van der Waals surface area contributed by atoms with Crippen molar-refractivity contribution in [1.29, 1.82) is 0 Å². The molecule has 0 amide bonds. The summed E-state index contributed by atoms with van der Waals surface area (Å²) in [6.07, 6.45) is 0. The highest BCUT2D eigenvalue weighted by molar-refractivity contribution is 6.12. The van der Waals surface area contributed by atoms with E-state index in [2.05, 4.69) is 10.3 Å². The number of aryl methyl sites for hydroxylation is 2. The Balaban J connectivity index is 1.23. The Hall–Kier alpha value is -5.24. The first-order valence-corrected chi connectivity index (χ1v) is 12.3. The monoisotopic (exact) mass is 518 g/mol. The summed E-state index contributed by atoms with van der Waals surface area (Å²) in [6, 6.07) is 25.5. The Morgan fingerprint density at radius 3 is 1.97 bits per heavy atom. The fourth-order valence-corrected chi connectivity index (χ4v) is 4.49. The van der Waals surface area contributed by atoms with Crippen LogP contribution in [-0.4, -0.2) is 28.5 Å². The Morgan fingerprint density at radius 1 is 0.744 bits per heavy atom. The molecule has 3 aromatic heterocycles. The largest absolute Gasteiger partial charge is 0.485 e. The summed E-state index contributed by atoms with van der Waals surface area (Å²) in [6.45, 7) is 3.18. The fraction of sp³-hybridized carbons (Fsp3) is 0.0968. The molecule has 39 heavy (non-hydrogen) atoms. The molecule has 0 N–H and O–H groups in total. The van der Waals surface area contributed by atoms with Gasteiger partial charge in [-0.05, 0) is 38.1 Å². The van der Waals surface area contributed by atoms with Gasteiger partial charge in [-0.1, -0.05) is 71.0 Å². The van der Waals surface area contributed by atoms with Crippen molar-refractivity contribution in [2.24, 2.45) is 0 Å². The lowest BCUT2D eigenvalue weighted by atomic mass is 10.0. The Labute approximate surface area is 222 Å². The highest BCUT2D eigenvalue weighted by Crippen LogP contribution is 2.31. The maximum Gasteiger partial charge on any atom is 0.234 e. The molecule has 0 radical (unpaired) electrons. The second-order valence-corrected chi connectivity index (χ2v) is 9.01. The van der Waals surface area contributed by atoms with E-state index in [1.807, 2.05) is 60.7 Å². The van der Waals surface area contributed by atoms with Crippen LogP contribution in [0.3, 0.4) is 0 Å². The first-order valence-electron chi connectivity index (χ1n) is 12.3. The molecule has 0 aliphatic heterocycles. The first kappa shape index (κ1) is 24.1. The number of rotatable bonds is 8. The summed E-state index contributed by atoms with van der Waals surface area (Å²) in [4.78, 5) is 26.5. The molecule has 3 aromatic carbocycles. The van der Waals surface area contributed by atoms with E-state index >= 15 is 0 Å². The van der Waals surface area contributed by atoms with E-state index < -0.39 is 0 Å². The summed E-state index contributed by atoms with van der Waals surface area (Å²) in [5.74, 6) is 0.840. The summed E-state index contributed by atoms with van der Waals surface area (Å²) in [5, 5.41) is 8.82. The van der Waals surface area contributed by atoms with Gasteiger partial charge in [-0.3, -0.25) is 9.59 Å². The van der Waals surface area contributed by atoms with Crippen molar-refractivity contribution in [3.8, 4) is 28.3 Å². The van der Waals surface area contributed by atoms with Gasteiger partial charge in [-0.2, -0.15) is 0 Å². The van der Waals surface area contributed by atoms with Crippen molar-refractivity contribution in [2.45, 2.75) is 13.8 Å². The van der Waals surface area contributed by atoms with Crippen LogP contribution in [0.1, 0.15) is 38.0 Å². The number of hydrogen-bond donors (Lipinski definition) is 0. The van der Waals surface area contributed by atoms with Crippen LogP contribution in [0, 0.1) is 13.8 Å². The molecule has 0 aliphatic carbocycles. The number of hydrogen-bond acceptors (Lipinski definition) is 8. The van der Waals surface area contributed by atoms with Crippen molar-refractivity contribution < 1.29 is 27.8 Å². The van der Waals surface area contributed by atoms with Crippen molar-refractivity contribution in [3.63, 3.8) is 0 Å². The molecule has 0 fully saturated rings. The van der Waals surface area contributed by atoms with Gasteiger partial charge in [0.1, 0.15) is 34.2 Å². The van der Waals surface area contributed by atoms with E-state index in [1.165, 1.54) is 0 Å². The van der Waals surface area contributed by atoms with Gasteiger partial charge in [-0.25, -0.2) is 0 Å². The minimum absolute atomic E-state index is 0.148. The number of carbonyl (C=O) groups is 2.